The Morgan fingerprint density at radius 1 is 1.45 bits per heavy atom. The molecule has 0 heterocycles. The van der Waals surface area contributed by atoms with Crippen LogP contribution in [0.25, 0.3) is 0 Å². The van der Waals surface area contributed by atoms with Crippen LogP contribution in [0.3, 0.4) is 0 Å². The van der Waals surface area contributed by atoms with Crippen LogP contribution >= 0.6 is 24.0 Å². The first-order valence-electron chi connectivity index (χ1n) is 3.57. The van der Waals surface area contributed by atoms with Crippen LogP contribution in [0.15, 0.2) is 4.99 Å². The van der Waals surface area contributed by atoms with Crippen molar-refractivity contribution in [1.82, 2.24) is 5.43 Å². The van der Waals surface area contributed by atoms with Crippen LogP contribution in [-0.4, -0.2) is 12.5 Å². The third kappa shape index (κ3) is 9.96. The van der Waals surface area contributed by atoms with Crippen molar-refractivity contribution in [3.8, 4) is 0 Å². The summed E-state index contributed by atoms with van der Waals surface area (Å²) in [6.45, 7) is 2.91. The van der Waals surface area contributed by atoms with Gasteiger partial charge in [0.15, 0.2) is 0 Å². The topological polar surface area (TPSA) is 76.4 Å². The van der Waals surface area contributed by atoms with Crippen LogP contribution in [0.2, 0.25) is 0 Å². The van der Waals surface area contributed by atoms with Gasteiger partial charge >= 0.3 is 0 Å². The van der Waals surface area contributed by atoms with E-state index in [1.807, 2.05) is 0 Å². The van der Waals surface area contributed by atoms with Gasteiger partial charge in [-0.2, -0.15) is 0 Å². The van der Waals surface area contributed by atoms with Gasteiger partial charge in [0.25, 0.3) is 0 Å². The summed E-state index contributed by atoms with van der Waals surface area (Å²) in [5.74, 6) is 5.30. The number of nitrogens with two attached hydrogens (primary N) is 2. The molecule has 0 aliphatic heterocycles. The Kier molecular flexibility index (Phi) is 12.3. The number of hydrogen-bond donors (Lipinski definition) is 3. The molecule has 11 heavy (non-hydrogen) atoms. The molecule has 0 bridgehead atoms. The number of guanidine groups is 1. The molecule has 0 saturated heterocycles. The maximum absolute atomic E-state index is 5.27. The maximum Gasteiger partial charge on any atom is 0.203 e. The van der Waals surface area contributed by atoms with Crippen molar-refractivity contribution in [3.05, 3.63) is 0 Å². The zero-order chi connectivity index (χ0) is 7.82. The van der Waals surface area contributed by atoms with Crippen molar-refractivity contribution in [1.29, 1.82) is 0 Å². The lowest BCUT2D eigenvalue weighted by molar-refractivity contribution is 0.725. The second-order valence-electron chi connectivity index (χ2n) is 2.12. The van der Waals surface area contributed by atoms with Gasteiger partial charge in [0, 0.05) is 6.54 Å². The lowest BCUT2D eigenvalue weighted by atomic mass is 10.2. The van der Waals surface area contributed by atoms with E-state index in [-0.39, 0.29) is 24.0 Å². The van der Waals surface area contributed by atoms with E-state index in [2.05, 4.69) is 17.3 Å². The standard InChI is InChI=1S/C6H16N4.HI/c1-2-3-4-5-9-6(7)10-8;/h2-5,8H2,1H3,(H3,7,9,10);1H. The molecule has 0 radical (unpaired) electrons. The molecule has 5 N–H and O–H groups in total. The third-order valence-corrected chi connectivity index (χ3v) is 1.19. The predicted molar refractivity (Wildman–Crippen MR) is 58.8 cm³/mol. The number of hydrazine groups is 1. The van der Waals surface area contributed by atoms with Gasteiger partial charge in [-0.05, 0) is 6.42 Å². The van der Waals surface area contributed by atoms with Crippen molar-refractivity contribution in [2.45, 2.75) is 26.2 Å². The van der Waals surface area contributed by atoms with Gasteiger partial charge in [-0.1, -0.05) is 19.8 Å². The van der Waals surface area contributed by atoms with Crippen molar-refractivity contribution in [2.24, 2.45) is 16.6 Å². The van der Waals surface area contributed by atoms with Crippen LogP contribution in [0.5, 0.6) is 0 Å². The van der Waals surface area contributed by atoms with Crippen LogP contribution in [0, 0.1) is 0 Å². The molecule has 5 heteroatoms. The second-order valence-corrected chi connectivity index (χ2v) is 2.12. The van der Waals surface area contributed by atoms with E-state index in [0.717, 1.165) is 13.0 Å². The summed E-state index contributed by atoms with van der Waals surface area (Å²) in [7, 11) is 0. The Bertz CT molecular complexity index is 105. The normalized spacial score (nSPS) is 10.5. The Morgan fingerprint density at radius 3 is 2.55 bits per heavy atom. The molecule has 0 aromatic rings. The lowest BCUT2D eigenvalue weighted by Gasteiger charge is -1.97. The molecule has 0 aliphatic carbocycles. The number of aliphatic imine (C=N–C) groups is 1. The summed E-state index contributed by atoms with van der Waals surface area (Å²) in [6, 6.07) is 0. The zero-order valence-electron chi connectivity index (χ0n) is 6.84. The van der Waals surface area contributed by atoms with Gasteiger partial charge in [-0.25, -0.2) is 5.84 Å². The highest BCUT2D eigenvalue weighted by Crippen LogP contribution is 1.92. The molecule has 0 aromatic carbocycles. The summed E-state index contributed by atoms with van der Waals surface area (Å²) in [4.78, 5) is 3.94. The van der Waals surface area contributed by atoms with E-state index in [4.69, 9.17) is 11.6 Å². The number of hydrogen-bond acceptors (Lipinski definition) is 2. The van der Waals surface area contributed by atoms with E-state index in [0.29, 0.717) is 5.96 Å². The summed E-state index contributed by atoms with van der Waals surface area (Å²) in [5.41, 5.74) is 7.54. The quantitative estimate of drug-likeness (QED) is 0.175. The number of unbranched alkanes of at least 4 members (excludes halogenated alkanes) is 2. The van der Waals surface area contributed by atoms with E-state index < -0.39 is 0 Å². The van der Waals surface area contributed by atoms with Crippen LogP contribution in [-0.2, 0) is 0 Å². The first-order valence-corrected chi connectivity index (χ1v) is 3.57. The molecule has 0 fully saturated rings. The fourth-order valence-corrected chi connectivity index (χ4v) is 0.607. The average Bonchev–Trinajstić information content (AvgIpc) is 1.98. The molecular formula is C6H17IN4. The van der Waals surface area contributed by atoms with Crippen molar-refractivity contribution in [2.75, 3.05) is 6.54 Å². The van der Waals surface area contributed by atoms with E-state index >= 15 is 0 Å². The second kappa shape index (κ2) is 9.96. The highest BCUT2D eigenvalue weighted by atomic mass is 127. The molecule has 0 saturated carbocycles. The molecule has 0 amide bonds. The van der Waals surface area contributed by atoms with Crippen LogP contribution < -0.4 is 17.0 Å². The van der Waals surface area contributed by atoms with Gasteiger partial charge in [0.1, 0.15) is 0 Å². The summed E-state index contributed by atoms with van der Waals surface area (Å²) >= 11 is 0. The van der Waals surface area contributed by atoms with E-state index in [1.54, 1.807) is 0 Å². The van der Waals surface area contributed by atoms with Gasteiger partial charge in [0.05, 0.1) is 0 Å². The molecule has 0 atom stereocenters. The molecule has 0 spiro atoms. The Labute approximate surface area is 84.8 Å². The van der Waals surface area contributed by atoms with Gasteiger partial charge in [-0.15, -0.1) is 24.0 Å². The fourth-order valence-electron chi connectivity index (χ4n) is 0.607. The van der Waals surface area contributed by atoms with E-state index in [1.165, 1.54) is 12.8 Å². The van der Waals surface area contributed by atoms with Crippen molar-refractivity contribution in [3.63, 3.8) is 0 Å². The molecular weight excluding hydrogens is 255 g/mol. The zero-order valence-corrected chi connectivity index (χ0v) is 9.17. The van der Waals surface area contributed by atoms with E-state index in [9.17, 15) is 0 Å². The first kappa shape index (κ1) is 13.5. The molecule has 4 nitrogen and oxygen atoms in total. The molecule has 0 unspecified atom stereocenters. The van der Waals surface area contributed by atoms with Crippen LogP contribution in [0.1, 0.15) is 26.2 Å². The van der Waals surface area contributed by atoms with Crippen molar-refractivity contribution >= 4 is 29.9 Å². The minimum Gasteiger partial charge on any atom is -0.369 e. The van der Waals surface area contributed by atoms with Gasteiger partial charge < -0.3 is 5.73 Å². The van der Waals surface area contributed by atoms with Crippen molar-refractivity contribution < 1.29 is 0 Å². The molecule has 0 rings (SSSR count). The molecule has 0 aromatic heterocycles. The number of nitrogens with one attached hydrogen (secondary N) is 1. The minimum absolute atomic E-state index is 0. The summed E-state index contributed by atoms with van der Waals surface area (Å²) in [6.07, 6.45) is 3.48. The highest BCUT2D eigenvalue weighted by molar-refractivity contribution is 14.0. The predicted octanol–water partition coefficient (Wildman–Crippen LogP) is 0.573. The molecule has 0 aliphatic rings. The Morgan fingerprint density at radius 2 is 2.09 bits per heavy atom. The third-order valence-electron chi connectivity index (χ3n) is 1.19. The number of nitrogens with zero attached hydrogens (tertiary/aromatic N) is 1. The molecule has 68 valence electrons. The summed E-state index contributed by atoms with van der Waals surface area (Å²) in [5, 5.41) is 0. The fraction of sp³-hybridized carbons (Fsp3) is 0.833. The lowest BCUT2D eigenvalue weighted by Crippen LogP contribution is -2.37. The van der Waals surface area contributed by atoms with Gasteiger partial charge in [-0.3, -0.25) is 10.4 Å². The highest BCUT2D eigenvalue weighted by Gasteiger charge is 1.85. The maximum atomic E-state index is 5.27. The number of halogens is 1. The summed E-state index contributed by atoms with van der Waals surface area (Å²) < 4.78 is 0. The SMILES string of the molecule is CCCCCN=C(N)NN.I. The van der Waals surface area contributed by atoms with Crippen LogP contribution in [0.4, 0.5) is 0 Å². The Hall–Kier alpha value is -0.0400. The monoisotopic (exact) mass is 272 g/mol. The van der Waals surface area contributed by atoms with Gasteiger partial charge in [0.2, 0.25) is 5.96 Å². The first-order chi connectivity index (χ1) is 4.81. The smallest absolute Gasteiger partial charge is 0.203 e. The Balaban J connectivity index is 0. The largest absolute Gasteiger partial charge is 0.369 e. The minimum atomic E-state index is 0. The number of rotatable bonds is 4. The average molecular weight is 272 g/mol.